The summed E-state index contributed by atoms with van der Waals surface area (Å²) in [5.74, 6) is 0. The number of hydrogen-bond acceptors (Lipinski definition) is 4. The Labute approximate surface area is 109 Å². The fourth-order valence-corrected chi connectivity index (χ4v) is 3.47. The van der Waals surface area contributed by atoms with Crippen LogP contribution in [-0.4, -0.2) is 32.8 Å². The average Bonchev–Trinajstić information content (AvgIpc) is 2.74. The number of rotatable bonds is 4. The van der Waals surface area contributed by atoms with E-state index in [1.165, 1.54) is 8.66 Å². The zero-order chi connectivity index (χ0) is 11.4. The van der Waals surface area contributed by atoms with Crippen molar-refractivity contribution < 1.29 is 4.74 Å². The molecular formula is C11H17BrN2OS. The van der Waals surface area contributed by atoms with Gasteiger partial charge in [0.1, 0.15) is 0 Å². The fourth-order valence-electron chi connectivity index (χ4n) is 1.93. The molecule has 16 heavy (non-hydrogen) atoms. The van der Waals surface area contributed by atoms with Gasteiger partial charge in [-0.05, 0) is 41.5 Å². The smallest absolute Gasteiger partial charge is 0.0718 e. The minimum Gasteiger partial charge on any atom is -0.376 e. The van der Waals surface area contributed by atoms with E-state index < -0.39 is 0 Å². The summed E-state index contributed by atoms with van der Waals surface area (Å²) in [5.41, 5.74) is 0. The number of halogens is 1. The molecule has 2 N–H and O–H groups in total. The molecule has 2 atom stereocenters. The molecule has 1 fully saturated rings. The molecule has 1 aliphatic rings. The van der Waals surface area contributed by atoms with Gasteiger partial charge < -0.3 is 15.4 Å². The van der Waals surface area contributed by atoms with Gasteiger partial charge in [-0.25, -0.2) is 0 Å². The molecule has 1 aliphatic heterocycles. The van der Waals surface area contributed by atoms with Crippen LogP contribution < -0.4 is 10.6 Å². The number of thiophene rings is 1. The Kier molecular flexibility index (Phi) is 4.79. The Morgan fingerprint density at radius 1 is 1.69 bits per heavy atom. The Morgan fingerprint density at radius 3 is 3.12 bits per heavy atom. The normalized spacial score (nSPS) is 23.2. The van der Waals surface area contributed by atoms with Gasteiger partial charge in [-0.1, -0.05) is 0 Å². The molecule has 2 heterocycles. The van der Waals surface area contributed by atoms with Gasteiger partial charge in [-0.2, -0.15) is 0 Å². The lowest BCUT2D eigenvalue weighted by Gasteiger charge is -2.27. The van der Waals surface area contributed by atoms with Crippen LogP contribution in [0.15, 0.2) is 15.9 Å². The topological polar surface area (TPSA) is 33.3 Å². The van der Waals surface area contributed by atoms with E-state index in [4.69, 9.17) is 4.74 Å². The van der Waals surface area contributed by atoms with E-state index in [0.29, 0.717) is 12.1 Å². The number of morpholine rings is 1. The largest absolute Gasteiger partial charge is 0.376 e. The van der Waals surface area contributed by atoms with Crippen molar-refractivity contribution in [3.63, 3.8) is 0 Å². The molecule has 0 radical (unpaired) electrons. The van der Waals surface area contributed by atoms with Crippen molar-refractivity contribution in [1.82, 2.24) is 10.6 Å². The van der Waals surface area contributed by atoms with E-state index in [0.717, 1.165) is 26.1 Å². The lowest BCUT2D eigenvalue weighted by atomic mass is 10.1. The molecule has 90 valence electrons. The zero-order valence-corrected chi connectivity index (χ0v) is 11.7. The van der Waals surface area contributed by atoms with E-state index in [2.05, 4.69) is 38.7 Å². The Balaban J connectivity index is 1.94. The quantitative estimate of drug-likeness (QED) is 0.894. The highest BCUT2D eigenvalue weighted by molar-refractivity contribution is 9.11. The first-order valence-corrected chi connectivity index (χ1v) is 7.15. The van der Waals surface area contributed by atoms with Crippen LogP contribution in [0.4, 0.5) is 0 Å². The predicted molar refractivity (Wildman–Crippen MR) is 71.0 cm³/mol. The minimum atomic E-state index is 0.326. The lowest BCUT2D eigenvalue weighted by Crippen LogP contribution is -2.40. The molecule has 0 aromatic carbocycles. The molecule has 5 heteroatoms. The van der Waals surface area contributed by atoms with E-state index in [1.54, 1.807) is 11.3 Å². The molecule has 1 aromatic heterocycles. The van der Waals surface area contributed by atoms with Crippen molar-refractivity contribution >= 4 is 27.3 Å². The van der Waals surface area contributed by atoms with Gasteiger partial charge in [0.25, 0.3) is 0 Å². The zero-order valence-electron chi connectivity index (χ0n) is 9.33. The van der Waals surface area contributed by atoms with Crippen LogP contribution in [0.3, 0.4) is 0 Å². The van der Waals surface area contributed by atoms with Crippen LogP contribution in [0.2, 0.25) is 0 Å². The van der Waals surface area contributed by atoms with Crippen molar-refractivity contribution in [2.24, 2.45) is 0 Å². The summed E-state index contributed by atoms with van der Waals surface area (Å²) in [5, 5.41) is 6.72. The maximum absolute atomic E-state index is 5.73. The number of ether oxygens (including phenoxy) is 1. The van der Waals surface area contributed by atoms with Gasteiger partial charge in [0, 0.05) is 24.0 Å². The van der Waals surface area contributed by atoms with E-state index >= 15 is 0 Å². The van der Waals surface area contributed by atoms with E-state index in [1.807, 2.05) is 7.05 Å². The Morgan fingerprint density at radius 2 is 2.56 bits per heavy atom. The van der Waals surface area contributed by atoms with Crippen molar-refractivity contribution in [3.8, 4) is 0 Å². The summed E-state index contributed by atoms with van der Waals surface area (Å²) in [6, 6.07) is 4.66. The van der Waals surface area contributed by atoms with Gasteiger partial charge in [0.05, 0.1) is 16.5 Å². The highest BCUT2D eigenvalue weighted by Gasteiger charge is 2.20. The molecule has 0 aliphatic carbocycles. The Bertz CT molecular complexity index is 326. The second kappa shape index (κ2) is 6.12. The van der Waals surface area contributed by atoms with E-state index in [9.17, 15) is 0 Å². The SMILES string of the molecule is CNC(CC1CNCCO1)c1ccc(Br)s1. The van der Waals surface area contributed by atoms with E-state index in [-0.39, 0.29) is 0 Å². The van der Waals surface area contributed by atoms with Crippen LogP contribution in [-0.2, 0) is 4.74 Å². The summed E-state index contributed by atoms with van der Waals surface area (Å²) >= 11 is 5.29. The maximum atomic E-state index is 5.73. The molecule has 1 saturated heterocycles. The second-order valence-electron chi connectivity index (χ2n) is 3.92. The summed E-state index contributed by atoms with van der Waals surface area (Å²) in [6.45, 7) is 2.77. The number of hydrogen-bond donors (Lipinski definition) is 2. The summed E-state index contributed by atoms with van der Waals surface area (Å²) in [6.07, 6.45) is 1.35. The van der Waals surface area contributed by atoms with Crippen molar-refractivity contribution in [1.29, 1.82) is 0 Å². The molecule has 2 rings (SSSR count). The lowest BCUT2D eigenvalue weighted by molar-refractivity contribution is 0.0178. The molecule has 3 nitrogen and oxygen atoms in total. The third-order valence-corrected chi connectivity index (χ3v) is 4.53. The van der Waals surface area contributed by atoms with Crippen LogP contribution in [0.25, 0.3) is 0 Å². The van der Waals surface area contributed by atoms with Crippen LogP contribution in [0.1, 0.15) is 17.3 Å². The van der Waals surface area contributed by atoms with Gasteiger partial charge in [0.2, 0.25) is 0 Å². The van der Waals surface area contributed by atoms with Crippen molar-refractivity contribution in [2.45, 2.75) is 18.6 Å². The van der Waals surface area contributed by atoms with Crippen LogP contribution >= 0.6 is 27.3 Å². The molecule has 0 amide bonds. The minimum absolute atomic E-state index is 0.326. The van der Waals surface area contributed by atoms with Gasteiger partial charge in [-0.3, -0.25) is 0 Å². The highest BCUT2D eigenvalue weighted by atomic mass is 79.9. The molecule has 1 aromatic rings. The fraction of sp³-hybridized carbons (Fsp3) is 0.636. The summed E-state index contributed by atoms with van der Waals surface area (Å²) in [4.78, 5) is 1.36. The van der Waals surface area contributed by atoms with Crippen LogP contribution in [0, 0.1) is 0 Å². The van der Waals surface area contributed by atoms with Gasteiger partial charge >= 0.3 is 0 Å². The maximum Gasteiger partial charge on any atom is 0.0718 e. The standard InChI is InChI=1S/C11H17BrN2OS/c1-13-9(10-2-3-11(12)16-10)6-8-7-14-4-5-15-8/h2-3,8-9,13-14H,4-7H2,1H3. The second-order valence-corrected chi connectivity index (χ2v) is 6.41. The molecule has 0 bridgehead atoms. The highest BCUT2D eigenvalue weighted by Crippen LogP contribution is 2.30. The average molecular weight is 305 g/mol. The first-order chi connectivity index (χ1) is 7.79. The van der Waals surface area contributed by atoms with Gasteiger partial charge in [0.15, 0.2) is 0 Å². The number of nitrogens with one attached hydrogen (secondary N) is 2. The first kappa shape index (κ1) is 12.5. The first-order valence-electron chi connectivity index (χ1n) is 5.54. The Hall–Kier alpha value is 0.0600. The van der Waals surface area contributed by atoms with Gasteiger partial charge in [-0.15, -0.1) is 11.3 Å². The van der Waals surface area contributed by atoms with Crippen molar-refractivity contribution in [2.75, 3.05) is 26.7 Å². The molecule has 0 spiro atoms. The van der Waals surface area contributed by atoms with Crippen molar-refractivity contribution in [3.05, 3.63) is 20.8 Å². The third kappa shape index (κ3) is 3.28. The molecular weight excluding hydrogens is 288 g/mol. The monoisotopic (exact) mass is 304 g/mol. The summed E-state index contributed by atoms with van der Waals surface area (Å²) in [7, 11) is 2.01. The predicted octanol–water partition coefficient (Wildman–Crippen LogP) is 2.15. The third-order valence-electron chi connectivity index (χ3n) is 2.79. The molecule has 0 saturated carbocycles. The van der Waals surface area contributed by atoms with Crippen LogP contribution in [0.5, 0.6) is 0 Å². The molecule has 2 unspecified atom stereocenters. The summed E-state index contributed by atoms with van der Waals surface area (Å²) < 4.78 is 6.91.